The molecule has 0 bridgehead atoms. The maximum Gasteiger partial charge on any atom is 0.278 e. The summed E-state index contributed by atoms with van der Waals surface area (Å²) in [5, 5.41) is 13.0. The molecule has 4 amide bonds. The van der Waals surface area contributed by atoms with Gasteiger partial charge in [-0.25, -0.2) is 24.3 Å². The number of aliphatic hydroxyl groups is 1. The van der Waals surface area contributed by atoms with E-state index in [9.17, 15) is 29.1 Å². The number of hydrogen-bond acceptors (Lipinski definition) is 15. The third-order valence-electron chi connectivity index (χ3n) is 12.6. The van der Waals surface area contributed by atoms with Crippen LogP contribution in [0.1, 0.15) is 72.5 Å². The number of nitrogens with one attached hydrogen (secondary N) is 1. The van der Waals surface area contributed by atoms with Gasteiger partial charge < -0.3 is 44.5 Å². The van der Waals surface area contributed by atoms with E-state index in [1.54, 1.807) is 60.7 Å². The number of aryl methyl sites for hydroxylation is 2. The number of fused-ring (bicyclic) bond motifs is 2. The number of nitrogens with zero attached hydrogens (tertiary/aromatic N) is 8. The highest BCUT2D eigenvalue weighted by Gasteiger charge is 2.39. The smallest absolute Gasteiger partial charge is 0.278 e. The Kier molecular flexibility index (Phi) is 18.4. The number of aromatic nitrogens is 5. The fourth-order valence-electron chi connectivity index (χ4n) is 8.74. The molecule has 0 spiro atoms. The first kappa shape index (κ1) is 53.0. The summed E-state index contributed by atoms with van der Waals surface area (Å²) >= 11 is 0. The van der Waals surface area contributed by atoms with Gasteiger partial charge in [0.1, 0.15) is 22.9 Å². The lowest BCUT2D eigenvalue weighted by atomic mass is 10.00. The predicted octanol–water partition coefficient (Wildman–Crippen LogP) is 3.47. The maximum atomic E-state index is 13.0. The summed E-state index contributed by atoms with van der Waals surface area (Å²) in [6.45, 7) is 16.1. The van der Waals surface area contributed by atoms with Crippen LogP contribution in [0.5, 0.6) is 0 Å². The summed E-state index contributed by atoms with van der Waals surface area (Å²) in [5.74, 6) is 0.326. The van der Waals surface area contributed by atoms with Gasteiger partial charge in [-0.15, -0.1) is 6.58 Å². The van der Waals surface area contributed by atoms with Crippen LogP contribution in [0, 0.1) is 6.92 Å². The van der Waals surface area contributed by atoms with Crippen LogP contribution in [0.15, 0.2) is 84.3 Å². The van der Waals surface area contributed by atoms with Crippen molar-refractivity contribution in [3.8, 4) is 5.82 Å². The van der Waals surface area contributed by atoms with E-state index in [-0.39, 0.29) is 29.7 Å². The van der Waals surface area contributed by atoms with Gasteiger partial charge in [-0.05, 0) is 93.6 Å². The number of pyridine rings is 1. The molecule has 20 heteroatoms. The second-order valence-corrected chi connectivity index (χ2v) is 18.2. The molecule has 5 aromatic rings. The van der Waals surface area contributed by atoms with Crippen molar-refractivity contribution < 1.29 is 43.2 Å². The number of piperidine rings is 1. The normalized spacial score (nSPS) is 15.9. The van der Waals surface area contributed by atoms with Crippen LogP contribution in [-0.4, -0.2) is 148 Å². The average Bonchev–Trinajstić information content (AvgIpc) is 3.84. The molecule has 72 heavy (non-hydrogen) atoms. The Morgan fingerprint density at radius 1 is 0.875 bits per heavy atom. The number of amides is 4. The first-order valence-electron chi connectivity index (χ1n) is 24.4. The molecule has 20 nitrogen and oxygen atoms in total. The number of hydrogen-bond donors (Lipinski definition) is 3. The number of anilines is 2. The first-order valence-corrected chi connectivity index (χ1v) is 24.4. The molecule has 1 atom stereocenters. The third-order valence-corrected chi connectivity index (χ3v) is 12.6. The summed E-state index contributed by atoms with van der Waals surface area (Å²) in [7, 11) is 0. The number of imide groups is 1. The number of nitrogen functional groups attached to an aromatic ring is 1. The van der Waals surface area contributed by atoms with E-state index in [0.29, 0.717) is 126 Å². The molecule has 3 aliphatic heterocycles. The fourth-order valence-corrected chi connectivity index (χ4v) is 8.74. The van der Waals surface area contributed by atoms with E-state index in [2.05, 4.69) is 31.7 Å². The van der Waals surface area contributed by atoms with Crippen LogP contribution in [-0.2, 0) is 58.4 Å². The number of carbonyl (C=O) groups excluding carboxylic acids is 4. The highest BCUT2D eigenvalue weighted by Crippen LogP contribution is 2.30. The van der Waals surface area contributed by atoms with Crippen LogP contribution in [0.2, 0.25) is 0 Å². The number of allylic oxidation sites excluding steroid dienone is 1. The molecule has 8 rings (SSSR count). The number of rotatable bonds is 22. The Bertz CT molecular complexity index is 2740. The Balaban J connectivity index is 0.000000264. The lowest BCUT2D eigenvalue weighted by molar-refractivity contribution is -0.137. The third kappa shape index (κ3) is 13.6. The monoisotopic (exact) mass is 990 g/mol. The summed E-state index contributed by atoms with van der Waals surface area (Å²) in [6, 6.07) is 18.2. The summed E-state index contributed by atoms with van der Waals surface area (Å²) < 4.78 is 25.6. The van der Waals surface area contributed by atoms with Crippen molar-refractivity contribution in [3.63, 3.8) is 0 Å². The molecule has 6 heterocycles. The number of carbonyl (C=O) groups is 4. The number of nitrogens with two attached hydrogens (primary N) is 1. The van der Waals surface area contributed by atoms with Gasteiger partial charge in [0, 0.05) is 68.9 Å². The van der Waals surface area contributed by atoms with E-state index in [1.807, 2.05) is 41.3 Å². The molecule has 0 radical (unpaired) electrons. The van der Waals surface area contributed by atoms with Crippen LogP contribution in [0.25, 0.3) is 16.9 Å². The largest absolute Gasteiger partial charge is 0.399 e. The molecule has 3 aliphatic rings. The summed E-state index contributed by atoms with van der Waals surface area (Å²) in [6.07, 6.45) is 5.66. The molecule has 1 unspecified atom stereocenters. The lowest BCUT2D eigenvalue weighted by Gasteiger charge is -2.36. The SMILES string of the molecule is C=CCn1c(=O)c2cnc(C)nc2n1-c1cccc(C(C)(C)O)n1.Nc1ccc(N2CCN(C(=O)CCOCCOCCOCCOCCCc3cccc4c3CN(C3CCC(=O)NC3=O)C4=O)CC2)cc1. The van der Waals surface area contributed by atoms with E-state index in [4.69, 9.17) is 24.7 Å². The zero-order valence-corrected chi connectivity index (χ0v) is 41.4. The molecular formula is C52H66N10O10. The molecule has 0 saturated carbocycles. The van der Waals surface area contributed by atoms with Crippen molar-refractivity contribution in [3.05, 3.63) is 118 Å². The Labute approximate surface area is 418 Å². The van der Waals surface area contributed by atoms with Crippen LogP contribution in [0.3, 0.4) is 0 Å². The summed E-state index contributed by atoms with van der Waals surface area (Å²) in [4.78, 5) is 80.7. The minimum atomic E-state index is -1.09. The molecule has 0 aliphatic carbocycles. The van der Waals surface area contributed by atoms with Crippen molar-refractivity contribution in [2.24, 2.45) is 0 Å². The van der Waals surface area contributed by atoms with Crippen LogP contribution < -0.4 is 21.5 Å². The quantitative estimate of drug-likeness (QED) is 0.0390. The van der Waals surface area contributed by atoms with Crippen molar-refractivity contribution >= 4 is 46.0 Å². The van der Waals surface area contributed by atoms with Crippen molar-refractivity contribution in [2.45, 2.75) is 77.6 Å². The minimum absolute atomic E-state index is 0.113. The van der Waals surface area contributed by atoms with E-state index < -0.39 is 17.6 Å². The van der Waals surface area contributed by atoms with Gasteiger partial charge in [-0.1, -0.05) is 24.3 Å². The molecule has 2 saturated heterocycles. The van der Waals surface area contributed by atoms with E-state index >= 15 is 0 Å². The second-order valence-electron chi connectivity index (χ2n) is 18.2. The highest BCUT2D eigenvalue weighted by atomic mass is 16.6. The molecular weight excluding hydrogens is 925 g/mol. The van der Waals surface area contributed by atoms with Crippen molar-refractivity contribution in [2.75, 3.05) is 89.7 Å². The zero-order chi connectivity index (χ0) is 51.2. The molecule has 4 N–H and O–H groups in total. The molecule has 2 aromatic carbocycles. The number of benzene rings is 2. The zero-order valence-electron chi connectivity index (χ0n) is 41.4. The van der Waals surface area contributed by atoms with Gasteiger partial charge in [-0.3, -0.25) is 29.3 Å². The number of ether oxygens (including phenoxy) is 4. The van der Waals surface area contributed by atoms with Crippen LogP contribution in [0.4, 0.5) is 11.4 Å². The lowest BCUT2D eigenvalue weighted by Crippen LogP contribution is -2.52. The van der Waals surface area contributed by atoms with Gasteiger partial charge in [0.15, 0.2) is 11.5 Å². The minimum Gasteiger partial charge on any atom is -0.399 e. The van der Waals surface area contributed by atoms with Gasteiger partial charge in [0.2, 0.25) is 17.7 Å². The Hall–Kier alpha value is -6.84. The van der Waals surface area contributed by atoms with Crippen molar-refractivity contribution in [1.82, 2.24) is 39.4 Å². The van der Waals surface area contributed by atoms with Crippen LogP contribution >= 0.6 is 0 Å². The fraction of sp³-hybridized carbons (Fsp3) is 0.462. The predicted molar refractivity (Wildman–Crippen MR) is 269 cm³/mol. The summed E-state index contributed by atoms with van der Waals surface area (Å²) in [5.41, 5.74) is 9.99. The van der Waals surface area contributed by atoms with Gasteiger partial charge in [0.25, 0.3) is 11.5 Å². The Morgan fingerprint density at radius 3 is 2.21 bits per heavy atom. The number of piperazine rings is 1. The van der Waals surface area contributed by atoms with Gasteiger partial charge in [-0.2, -0.15) is 0 Å². The molecule has 2 fully saturated rings. The molecule has 384 valence electrons. The standard InChI is InChI=1S/C35H47N5O8.C17H19N5O2/c36-27-6-8-28(9-7-27)38-13-15-39(16-14-38)33(42)12-18-46-20-22-48-24-23-47-21-19-45-17-2-4-26-3-1-5-29-30(26)25-40(35(29)44)31-10-11-32(41)37-34(31)43;1-5-9-21-16(23)12-10-18-11(2)19-15(12)22(21)14-8-6-7-13(20-14)17(3,4)24/h1,3,5-9,31H,2,4,10-25,36H2,(H,37,41,43);5-8,10,24H,1,9H2,2-4H3. The molecule has 3 aromatic heterocycles. The average molecular weight is 991 g/mol. The second kappa shape index (κ2) is 25.0. The van der Waals surface area contributed by atoms with E-state index in [0.717, 1.165) is 48.4 Å². The highest BCUT2D eigenvalue weighted by molar-refractivity contribution is 6.05. The Morgan fingerprint density at radius 2 is 1.54 bits per heavy atom. The topological polar surface area (TPSA) is 239 Å². The van der Waals surface area contributed by atoms with E-state index in [1.165, 1.54) is 10.9 Å². The first-order chi connectivity index (χ1) is 34.7. The maximum absolute atomic E-state index is 13.0. The van der Waals surface area contributed by atoms with Gasteiger partial charge in [0.05, 0.1) is 64.9 Å². The van der Waals surface area contributed by atoms with Crippen molar-refractivity contribution in [1.29, 1.82) is 0 Å². The van der Waals surface area contributed by atoms with Gasteiger partial charge >= 0.3 is 0 Å².